The fourth-order valence-electron chi connectivity index (χ4n) is 3.01. The lowest BCUT2D eigenvalue weighted by Gasteiger charge is -2.21. The minimum atomic E-state index is -0.822. The van der Waals surface area contributed by atoms with E-state index >= 15 is 0 Å². The van der Waals surface area contributed by atoms with Gasteiger partial charge in [-0.25, -0.2) is 9.18 Å². The number of hydrogen-bond acceptors (Lipinski definition) is 2. The molecule has 1 N–H and O–H groups in total. The monoisotopic (exact) mass is 250 g/mol. The summed E-state index contributed by atoms with van der Waals surface area (Å²) in [4.78, 5) is 14.6. The Morgan fingerprint density at radius 1 is 1.11 bits per heavy atom. The summed E-state index contributed by atoms with van der Waals surface area (Å²) < 4.78 is 12.9. The second-order valence-corrected chi connectivity index (χ2v) is 5.09. The Kier molecular flexibility index (Phi) is 2.61. The molecular weight excluding hydrogens is 235 g/mol. The van der Waals surface area contributed by atoms with Gasteiger partial charge in [0, 0.05) is 43.7 Å². The zero-order chi connectivity index (χ0) is 12.7. The smallest absolute Gasteiger partial charge is 0.407 e. The van der Waals surface area contributed by atoms with Crippen molar-refractivity contribution in [2.45, 2.75) is 0 Å². The maximum Gasteiger partial charge on any atom is 0.407 e. The Morgan fingerprint density at radius 3 is 2.17 bits per heavy atom. The van der Waals surface area contributed by atoms with Crippen molar-refractivity contribution in [1.29, 1.82) is 0 Å². The molecule has 2 aliphatic rings. The van der Waals surface area contributed by atoms with E-state index in [-0.39, 0.29) is 5.82 Å². The first-order chi connectivity index (χ1) is 8.63. The van der Waals surface area contributed by atoms with Crippen LogP contribution >= 0.6 is 0 Å². The van der Waals surface area contributed by atoms with Crippen LogP contribution in [0.5, 0.6) is 0 Å². The number of anilines is 1. The van der Waals surface area contributed by atoms with Crippen LogP contribution in [0.2, 0.25) is 0 Å². The van der Waals surface area contributed by atoms with Crippen LogP contribution in [0.3, 0.4) is 0 Å². The number of nitrogens with zero attached hydrogens (tertiary/aromatic N) is 2. The first-order valence-electron chi connectivity index (χ1n) is 6.12. The Hall–Kier alpha value is -1.78. The summed E-state index contributed by atoms with van der Waals surface area (Å²) in [5, 5.41) is 8.95. The Bertz CT molecular complexity index is 449. The molecule has 1 aromatic carbocycles. The highest BCUT2D eigenvalue weighted by atomic mass is 19.1. The maximum atomic E-state index is 12.9. The van der Waals surface area contributed by atoms with Gasteiger partial charge in [-0.15, -0.1) is 0 Å². The van der Waals surface area contributed by atoms with Gasteiger partial charge in [-0.1, -0.05) is 0 Å². The predicted molar refractivity (Wildman–Crippen MR) is 65.2 cm³/mol. The third-order valence-corrected chi connectivity index (χ3v) is 3.95. The van der Waals surface area contributed by atoms with Crippen LogP contribution in [0, 0.1) is 17.7 Å². The lowest BCUT2D eigenvalue weighted by molar-refractivity contribution is 0.153. The van der Waals surface area contributed by atoms with E-state index in [2.05, 4.69) is 4.90 Å². The summed E-state index contributed by atoms with van der Waals surface area (Å²) in [7, 11) is 0. The van der Waals surface area contributed by atoms with Crippen molar-refractivity contribution in [2.24, 2.45) is 11.8 Å². The zero-order valence-electron chi connectivity index (χ0n) is 9.92. The molecule has 0 bridgehead atoms. The van der Waals surface area contributed by atoms with Crippen LogP contribution in [-0.4, -0.2) is 42.3 Å². The number of carbonyl (C=O) groups is 1. The molecule has 2 aliphatic heterocycles. The van der Waals surface area contributed by atoms with Crippen molar-refractivity contribution in [1.82, 2.24) is 4.90 Å². The number of fused-ring (bicyclic) bond motifs is 1. The standard InChI is InChI=1S/C13H15FN2O2/c14-11-1-3-12(4-2-11)15-5-9-7-16(13(17)18)8-10(9)6-15/h1-4,9-10H,5-8H2,(H,17,18)/t9-,10-/m0/s1. The van der Waals surface area contributed by atoms with E-state index in [1.54, 1.807) is 12.1 Å². The Morgan fingerprint density at radius 2 is 1.67 bits per heavy atom. The highest BCUT2D eigenvalue weighted by molar-refractivity contribution is 5.65. The molecular formula is C13H15FN2O2. The molecule has 0 saturated carbocycles. The van der Waals surface area contributed by atoms with Gasteiger partial charge in [-0.3, -0.25) is 0 Å². The first kappa shape index (κ1) is 11.3. The zero-order valence-corrected chi connectivity index (χ0v) is 9.92. The van der Waals surface area contributed by atoms with Gasteiger partial charge >= 0.3 is 6.09 Å². The molecule has 0 aromatic heterocycles. The number of rotatable bonds is 1. The van der Waals surface area contributed by atoms with E-state index in [0.29, 0.717) is 24.9 Å². The van der Waals surface area contributed by atoms with Crippen molar-refractivity contribution in [3.63, 3.8) is 0 Å². The number of hydrogen-bond donors (Lipinski definition) is 1. The van der Waals surface area contributed by atoms with Gasteiger partial charge in [0.25, 0.3) is 0 Å². The van der Waals surface area contributed by atoms with Crippen LogP contribution in [0.15, 0.2) is 24.3 Å². The van der Waals surface area contributed by atoms with E-state index < -0.39 is 6.09 Å². The highest BCUT2D eigenvalue weighted by Crippen LogP contribution is 2.33. The van der Waals surface area contributed by atoms with Gasteiger partial charge in [-0.05, 0) is 24.3 Å². The minimum absolute atomic E-state index is 0.227. The normalized spacial score (nSPS) is 26.5. The molecule has 5 heteroatoms. The molecule has 1 aromatic rings. The molecule has 3 rings (SSSR count). The van der Waals surface area contributed by atoms with Crippen molar-refractivity contribution < 1.29 is 14.3 Å². The summed E-state index contributed by atoms with van der Waals surface area (Å²) in [6.07, 6.45) is -0.822. The second kappa shape index (κ2) is 4.15. The lowest BCUT2D eigenvalue weighted by atomic mass is 10.0. The van der Waals surface area contributed by atoms with E-state index in [1.807, 2.05) is 0 Å². The van der Waals surface area contributed by atoms with Crippen LogP contribution in [0.1, 0.15) is 0 Å². The van der Waals surface area contributed by atoms with Crippen molar-refractivity contribution in [3.8, 4) is 0 Å². The molecule has 2 atom stereocenters. The molecule has 2 saturated heterocycles. The molecule has 2 fully saturated rings. The topological polar surface area (TPSA) is 43.8 Å². The molecule has 2 heterocycles. The van der Waals surface area contributed by atoms with Crippen LogP contribution < -0.4 is 4.90 Å². The van der Waals surface area contributed by atoms with Crippen LogP contribution in [0.25, 0.3) is 0 Å². The largest absolute Gasteiger partial charge is 0.465 e. The summed E-state index contributed by atoms with van der Waals surface area (Å²) >= 11 is 0. The summed E-state index contributed by atoms with van der Waals surface area (Å²) in [5.41, 5.74) is 1.02. The summed E-state index contributed by atoms with van der Waals surface area (Å²) in [6.45, 7) is 2.97. The number of benzene rings is 1. The molecule has 0 radical (unpaired) electrons. The number of likely N-dealkylation sites (tertiary alicyclic amines) is 1. The van der Waals surface area contributed by atoms with Gasteiger partial charge in [0.2, 0.25) is 0 Å². The quantitative estimate of drug-likeness (QED) is 0.827. The molecule has 96 valence electrons. The third-order valence-electron chi connectivity index (χ3n) is 3.95. The fourth-order valence-corrected chi connectivity index (χ4v) is 3.01. The molecule has 0 unspecified atom stereocenters. The summed E-state index contributed by atoms with van der Waals surface area (Å²) in [5.74, 6) is 0.590. The fraction of sp³-hybridized carbons (Fsp3) is 0.462. The number of halogens is 1. The molecule has 18 heavy (non-hydrogen) atoms. The Balaban J connectivity index is 1.68. The SMILES string of the molecule is O=C(O)N1C[C@@H]2CN(c3ccc(F)cc3)C[C@H]2C1. The predicted octanol–water partition coefficient (Wildman–Crippen LogP) is 1.87. The minimum Gasteiger partial charge on any atom is -0.465 e. The van der Waals surface area contributed by atoms with Crippen LogP contribution in [-0.2, 0) is 0 Å². The van der Waals surface area contributed by atoms with Crippen molar-refractivity contribution in [2.75, 3.05) is 31.1 Å². The van der Waals surface area contributed by atoms with E-state index in [4.69, 9.17) is 5.11 Å². The number of amides is 1. The maximum absolute atomic E-state index is 12.9. The molecule has 0 aliphatic carbocycles. The highest BCUT2D eigenvalue weighted by Gasteiger charge is 2.41. The second-order valence-electron chi connectivity index (χ2n) is 5.09. The molecule has 4 nitrogen and oxygen atoms in total. The van der Waals surface area contributed by atoms with Gasteiger partial charge in [-0.2, -0.15) is 0 Å². The van der Waals surface area contributed by atoms with Gasteiger partial charge in [0.15, 0.2) is 0 Å². The average Bonchev–Trinajstić information content (AvgIpc) is 2.87. The van der Waals surface area contributed by atoms with Crippen molar-refractivity contribution >= 4 is 11.8 Å². The molecule has 1 amide bonds. The molecule has 0 spiro atoms. The lowest BCUT2D eigenvalue weighted by Crippen LogP contribution is -2.32. The van der Waals surface area contributed by atoms with Gasteiger partial charge in [0.1, 0.15) is 5.82 Å². The van der Waals surface area contributed by atoms with E-state index in [0.717, 1.165) is 18.8 Å². The van der Waals surface area contributed by atoms with Gasteiger partial charge in [0.05, 0.1) is 0 Å². The number of carboxylic acid groups (broad SMARTS) is 1. The third kappa shape index (κ3) is 1.89. The van der Waals surface area contributed by atoms with Crippen molar-refractivity contribution in [3.05, 3.63) is 30.1 Å². The van der Waals surface area contributed by atoms with E-state index in [1.165, 1.54) is 17.0 Å². The van der Waals surface area contributed by atoms with E-state index in [9.17, 15) is 9.18 Å². The Labute approximate surface area is 105 Å². The van der Waals surface area contributed by atoms with Crippen LogP contribution in [0.4, 0.5) is 14.9 Å². The van der Waals surface area contributed by atoms with Gasteiger partial charge < -0.3 is 14.9 Å². The summed E-state index contributed by atoms with van der Waals surface area (Å²) in [6, 6.07) is 6.50. The average molecular weight is 250 g/mol. The first-order valence-corrected chi connectivity index (χ1v) is 6.12.